The molecule has 8 N–H and O–H groups in total. The van der Waals surface area contributed by atoms with Crippen LogP contribution in [0.5, 0.6) is 0 Å². The molecule has 0 saturated carbocycles. The van der Waals surface area contributed by atoms with Crippen LogP contribution in [0.1, 0.15) is 50.7 Å². The van der Waals surface area contributed by atoms with Gasteiger partial charge in [0.2, 0.25) is 25.4 Å². The van der Waals surface area contributed by atoms with E-state index in [1.807, 2.05) is 10.6 Å². The number of hydrogen-bond acceptors (Lipinski definition) is 16. The number of amides is 4. The van der Waals surface area contributed by atoms with Crippen molar-refractivity contribution >= 4 is 74.4 Å². The molecule has 0 aliphatic heterocycles. The number of anilines is 2. The summed E-state index contributed by atoms with van der Waals surface area (Å²) in [5, 5.41) is 27.5. The molecule has 2 rings (SSSR count). The van der Waals surface area contributed by atoms with E-state index in [0.29, 0.717) is 11.1 Å². The van der Waals surface area contributed by atoms with Crippen molar-refractivity contribution in [2.24, 2.45) is 0 Å². The SMILES string of the molecule is CCC(=O)OCOC(=O)N[C@@H](CC(=O)Nc1ccc(COP(=O)(CP(=O)(O)O)OCc2ccc(NC(=O)C[C@H](NC(=O)OCOC(=O)CC)C(=O)O)cc2)cc1)C(=O)O. The molecular formula is C33H42N4O20P2. The Morgan fingerprint density at radius 2 is 0.949 bits per heavy atom. The zero-order chi connectivity index (χ0) is 44.2. The van der Waals surface area contributed by atoms with E-state index in [1.54, 1.807) is 0 Å². The van der Waals surface area contributed by atoms with Crippen molar-refractivity contribution < 1.29 is 95.5 Å². The molecule has 0 fully saturated rings. The summed E-state index contributed by atoms with van der Waals surface area (Å²) in [5.41, 5.74) is 0.947. The molecule has 0 radical (unpaired) electrons. The summed E-state index contributed by atoms with van der Waals surface area (Å²) in [6.07, 6.45) is -3.92. The van der Waals surface area contributed by atoms with E-state index < -0.39 is 121 Å². The van der Waals surface area contributed by atoms with Crippen LogP contribution < -0.4 is 21.3 Å². The van der Waals surface area contributed by atoms with E-state index in [9.17, 15) is 67.5 Å². The molecule has 0 heterocycles. The normalized spacial score (nSPS) is 12.1. The number of esters is 2. The fraction of sp³-hybridized carbons (Fsp3) is 0.394. The van der Waals surface area contributed by atoms with Gasteiger partial charge < -0.3 is 69.3 Å². The molecule has 59 heavy (non-hydrogen) atoms. The van der Waals surface area contributed by atoms with E-state index in [0.717, 1.165) is 0 Å². The standard InChI is InChI=1S/C33H42N4O20P2/c1-3-28(40)52-17-54-32(46)36-24(30(42)43)13-26(38)34-22-9-5-20(6-10-22)15-56-59(51,19-58(48,49)50)57-16-21-7-11-23(12-8-21)35-27(39)14-25(31(44)45)37-33(47)55-18-53-29(41)4-2/h5-12,24-25H,3-4,13-19H2,1-2H3,(H,34,38)(H,35,39)(H,36,46)(H,37,47)(H,42,43)(H,44,45)(H2,48,49,50)/t24-,25-/m0/s1. The fourth-order valence-electron chi connectivity index (χ4n) is 4.12. The van der Waals surface area contributed by atoms with Crippen LogP contribution in [0.15, 0.2) is 48.5 Å². The van der Waals surface area contributed by atoms with Crippen LogP contribution >= 0.6 is 15.2 Å². The lowest BCUT2D eigenvalue weighted by molar-refractivity contribution is -0.152. The summed E-state index contributed by atoms with van der Waals surface area (Å²) >= 11 is 0. The molecule has 2 aromatic carbocycles. The summed E-state index contributed by atoms with van der Waals surface area (Å²) in [4.78, 5) is 113. The van der Waals surface area contributed by atoms with Crippen LogP contribution in [-0.4, -0.2) is 99.5 Å². The number of aliphatic carboxylic acids is 2. The monoisotopic (exact) mass is 876 g/mol. The van der Waals surface area contributed by atoms with Crippen molar-refractivity contribution in [3.05, 3.63) is 59.7 Å². The van der Waals surface area contributed by atoms with Crippen molar-refractivity contribution in [2.45, 2.75) is 64.8 Å². The van der Waals surface area contributed by atoms with Gasteiger partial charge in [-0.25, -0.2) is 19.2 Å². The molecule has 324 valence electrons. The molecular weight excluding hydrogens is 834 g/mol. The van der Waals surface area contributed by atoms with Crippen LogP contribution in [-0.2, 0) is 79.1 Å². The van der Waals surface area contributed by atoms with Gasteiger partial charge in [0.25, 0.3) is 0 Å². The number of carboxylic acids is 2. The van der Waals surface area contributed by atoms with Gasteiger partial charge in [-0.05, 0) is 35.4 Å². The quantitative estimate of drug-likeness (QED) is 0.0427. The molecule has 0 unspecified atom stereocenters. The number of carboxylic acid groups (broad SMARTS) is 2. The number of benzene rings is 2. The summed E-state index contributed by atoms with van der Waals surface area (Å²) in [5.74, 6) is -7.39. The molecule has 0 aromatic heterocycles. The topological polar surface area (TPSA) is 355 Å². The lowest BCUT2D eigenvalue weighted by Gasteiger charge is -2.19. The zero-order valence-electron chi connectivity index (χ0n) is 31.4. The Balaban J connectivity index is 1.94. The highest BCUT2D eigenvalue weighted by Crippen LogP contribution is 2.60. The van der Waals surface area contributed by atoms with Gasteiger partial charge >= 0.3 is 51.3 Å². The van der Waals surface area contributed by atoms with Gasteiger partial charge in [0, 0.05) is 24.2 Å². The van der Waals surface area contributed by atoms with Gasteiger partial charge in [0.15, 0.2) is 5.90 Å². The maximum Gasteiger partial charge on any atom is 0.410 e. The summed E-state index contributed by atoms with van der Waals surface area (Å²) in [7, 11) is -9.45. The summed E-state index contributed by atoms with van der Waals surface area (Å²) in [6, 6.07) is 7.55. The number of alkyl carbamates (subject to hydrolysis) is 2. The number of carbonyl (C=O) groups excluding carboxylic acids is 6. The van der Waals surface area contributed by atoms with Crippen molar-refractivity contribution in [3.8, 4) is 0 Å². The molecule has 24 nitrogen and oxygen atoms in total. The van der Waals surface area contributed by atoms with Gasteiger partial charge in [-0.15, -0.1) is 0 Å². The Kier molecular flexibility index (Phi) is 20.1. The lowest BCUT2D eigenvalue weighted by atomic mass is 10.2. The first kappa shape index (κ1) is 49.2. The molecule has 2 aromatic rings. The second-order valence-electron chi connectivity index (χ2n) is 11.8. The van der Waals surface area contributed by atoms with E-state index >= 15 is 0 Å². The van der Waals surface area contributed by atoms with E-state index in [1.165, 1.54) is 62.4 Å². The van der Waals surface area contributed by atoms with Gasteiger partial charge in [-0.1, -0.05) is 38.1 Å². The average molecular weight is 877 g/mol. The van der Waals surface area contributed by atoms with Gasteiger partial charge in [0.05, 0.1) is 26.1 Å². The number of hydrogen-bond donors (Lipinski definition) is 8. The third kappa shape index (κ3) is 20.4. The number of nitrogens with one attached hydrogen (secondary N) is 4. The van der Waals surface area contributed by atoms with Crippen LogP contribution in [0.3, 0.4) is 0 Å². The average Bonchev–Trinajstić information content (AvgIpc) is 3.16. The summed E-state index contributed by atoms with van der Waals surface area (Å²) in [6.45, 7) is 0.519. The molecule has 2 atom stereocenters. The Morgan fingerprint density at radius 1 is 0.593 bits per heavy atom. The smallest absolute Gasteiger partial charge is 0.410 e. The van der Waals surface area contributed by atoms with E-state index in [2.05, 4.69) is 29.6 Å². The number of ether oxygens (including phenoxy) is 4. The maximum atomic E-state index is 13.4. The predicted molar refractivity (Wildman–Crippen MR) is 198 cm³/mol. The van der Waals surface area contributed by atoms with Crippen LogP contribution in [0.25, 0.3) is 0 Å². The predicted octanol–water partition coefficient (Wildman–Crippen LogP) is 2.59. The fourth-order valence-corrected chi connectivity index (χ4v) is 7.35. The second kappa shape index (κ2) is 24.1. The molecule has 0 spiro atoms. The largest absolute Gasteiger partial charge is 0.480 e. The summed E-state index contributed by atoms with van der Waals surface area (Å²) < 4.78 is 54.1. The Bertz CT molecular complexity index is 1780. The van der Waals surface area contributed by atoms with Crippen molar-refractivity contribution in [1.29, 1.82) is 0 Å². The first-order valence-electron chi connectivity index (χ1n) is 17.0. The third-order valence-electron chi connectivity index (χ3n) is 7.05. The second-order valence-corrected chi connectivity index (χ2v) is 16.0. The highest BCUT2D eigenvalue weighted by Gasteiger charge is 2.35. The van der Waals surface area contributed by atoms with Crippen molar-refractivity contribution in [2.75, 3.05) is 30.1 Å². The van der Waals surface area contributed by atoms with Crippen LogP contribution in [0.2, 0.25) is 0 Å². The highest BCUT2D eigenvalue weighted by molar-refractivity contribution is 7.70. The molecule has 4 amide bonds. The van der Waals surface area contributed by atoms with Crippen LogP contribution in [0, 0.1) is 0 Å². The minimum Gasteiger partial charge on any atom is -0.480 e. The van der Waals surface area contributed by atoms with Crippen LogP contribution in [0.4, 0.5) is 21.0 Å². The van der Waals surface area contributed by atoms with Gasteiger partial charge in [0.1, 0.15) is 12.1 Å². The van der Waals surface area contributed by atoms with Gasteiger partial charge in [-0.3, -0.25) is 28.3 Å². The number of rotatable bonds is 24. The zero-order valence-corrected chi connectivity index (χ0v) is 33.1. The number of carbonyl (C=O) groups is 8. The maximum absolute atomic E-state index is 13.4. The molecule has 0 aliphatic carbocycles. The van der Waals surface area contributed by atoms with Crippen molar-refractivity contribution in [3.63, 3.8) is 0 Å². The van der Waals surface area contributed by atoms with Crippen molar-refractivity contribution in [1.82, 2.24) is 10.6 Å². The molecule has 0 bridgehead atoms. The first-order valence-corrected chi connectivity index (χ1v) is 20.6. The van der Waals surface area contributed by atoms with E-state index in [4.69, 9.17) is 9.05 Å². The first-order chi connectivity index (χ1) is 27.7. The molecule has 0 aliphatic rings. The molecule has 0 saturated heterocycles. The third-order valence-corrected chi connectivity index (χ3v) is 10.9. The Hall–Kier alpha value is -5.90. The molecule has 26 heteroatoms. The van der Waals surface area contributed by atoms with E-state index in [-0.39, 0.29) is 24.2 Å². The minimum absolute atomic E-state index is 0.0171. The Labute approximate surface area is 334 Å². The minimum atomic E-state index is -4.96. The van der Waals surface area contributed by atoms with Gasteiger partial charge in [-0.2, -0.15) is 0 Å². The highest BCUT2D eigenvalue weighted by atomic mass is 31.2. The Morgan fingerprint density at radius 3 is 1.25 bits per heavy atom. The lowest BCUT2D eigenvalue weighted by Crippen LogP contribution is -2.43.